The van der Waals surface area contributed by atoms with E-state index in [1.165, 1.54) is 4.31 Å². The lowest BCUT2D eigenvalue weighted by Gasteiger charge is -2.21. The number of benzene rings is 2. The Balaban J connectivity index is 1.53. The minimum atomic E-state index is -3.52. The average molecular weight is 432 g/mol. The van der Waals surface area contributed by atoms with Gasteiger partial charge in [0.1, 0.15) is 5.75 Å². The summed E-state index contributed by atoms with van der Waals surface area (Å²) < 4.78 is 32.7. The SMILES string of the molecule is COc1ccccc1CNC(=O)CN1CCCN(S(=O)(=O)c2ccc(C)cc2)CC1. The van der Waals surface area contributed by atoms with E-state index in [0.29, 0.717) is 44.0 Å². The highest BCUT2D eigenvalue weighted by atomic mass is 32.2. The van der Waals surface area contributed by atoms with E-state index >= 15 is 0 Å². The van der Waals surface area contributed by atoms with Gasteiger partial charge in [-0.1, -0.05) is 35.9 Å². The number of carbonyl (C=O) groups is 1. The third-order valence-corrected chi connectivity index (χ3v) is 7.15. The zero-order valence-electron chi connectivity index (χ0n) is 17.5. The smallest absolute Gasteiger partial charge is 0.243 e. The molecular formula is C22H29N3O4S. The molecule has 8 heteroatoms. The van der Waals surface area contributed by atoms with Crippen molar-refractivity contribution in [3.05, 3.63) is 59.7 Å². The Morgan fingerprint density at radius 3 is 2.50 bits per heavy atom. The maximum absolute atomic E-state index is 12.9. The lowest BCUT2D eigenvalue weighted by molar-refractivity contribution is -0.122. The summed E-state index contributed by atoms with van der Waals surface area (Å²) in [4.78, 5) is 14.7. The summed E-state index contributed by atoms with van der Waals surface area (Å²) in [5, 5.41) is 2.92. The number of para-hydroxylation sites is 1. The van der Waals surface area contributed by atoms with Crippen LogP contribution in [0.25, 0.3) is 0 Å². The van der Waals surface area contributed by atoms with Crippen LogP contribution in [0, 0.1) is 6.92 Å². The molecule has 0 atom stereocenters. The number of nitrogens with one attached hydrogen (secondary N) is 1. The molecular weight excluding hydrogens is 402 g/mol. The van der Waals surface area contributed by atoms with E-state index in [9.17, 15) is 13.2 Å². The van der Waals surface area contributed by atoms with Crippen molar-refractivity contribution in [3.63, 3.8) is 0 Å². The number of aryl methyl sites for hydroxylation is 1. The first-order valence-electron chi connectivity index (χ1n) is 10.1. The Morgan fingerprint density at radius 2 is 1.77 bits per heavy atom. The molecule has 1 aliphatic heterocycles. The van der Waals surface area contributed by atoms with Crippen LogP contribution in [0.5, 0.6) is 5.75 Å². The predicted molar refractivity (Wildman–Crippen MR) is 116 cm³/mol. The van der Waals surface area contributed by atoms with Crippen molar-refractivity contribution in [1.29, 1.82) is 0 Å². The van der Waals surface area contributed by atoms with E-state index in [0.717, 1.165) is 16.9 Å². The van der Waals surface area contributed by atoms with Crippen LogP contribution >= 0.6 is 0 Å². The fourth-order valence-electron chi connectivity index (χ4n) is 3.51. The number of hydrogen-bond donors (Lipinski definition) is 1. The number of nitrogens with zero attached hydrogens (tertiary/aromatic N) is 2. The van der Waals surface area contributed by atoms with Crippen LogP contribution in [-0.2, 0) is 21.4 Å². The van der Waals surface area contributed by atoms with Crippen LogP contribution < -0.4 is 10.1 Å². The van der Waals surface area contributed by atoms with Crippen molar-refractivity contribution in [3.8, 4) is 5.75 Å². The molecule has 2 aromatic carbocycles. The molecule has 162 valence electrons. The minimum absolute atomic E-state index is 0.0873. The third kappa shape index (κ3) is 5.59. The Hall–Kier alpha value is -2.42. The molecule has 30 heavy (non-hydrogen) atoms. The first kappa shape index (κ1) is 22.3. The second-order valence-electron chi connectivity index (χ2n) is 7.44. The molecule has 1 heterocycles. The lowest BCUT2D eigenvalue weighted by atomic mass is 10.2. The monoisotopic (exact) mass is 431 g/mol. The van der Waals surface area contributed by atoms with Crippen LogP contribution in [0.1, 0.15) is 17.5 Å². The normalized spacial score (nSPS) is 16.1. The van der Waals surface area contributed by atoms with Crippen molar-refractivity contribution >= 4 is 15.9 Å². The van der Waals surface area contributed by atoms with Gasteiger partial charge in [0.15, 0.2) is 0 Å². The maximum atomic E-state index is 12.9. The number of methoxy groups -OCH3 is 1. The summed E-state index contributed by atoms with van der Waals surface area (Å²) in [7, 11) is -1.91. The number of sulfonamides is 1. The van der Waals surface area contributed by atoms with E-state index in [1.807, 2.05) is 48.2 Å². The van der Waals surface area contributed by atoms with Crippen LogP contribution in [-0.4, -0.2) is 63.4 Å². The number of amides is 1. The number of ether oxygens (including phenoxy) is 1. The molecule has 0 spiro atoms. The fourth-order valence-corrected chi connectivity index (χ4v) is 4.98. The van der Waals surface area contributed by atoms with Crippen molar-refractivity contribution in [2.45, 2.75) is 24.8 Å². The molecule has 7 nitrogen and oxygen atoms in total. The quantitative estimate of drug-likeness (QED) is 0.726. The molecule has 0 aromatic heterocycles. The Labute approximate surface area is 178 Å². The molecule has 0 bridgehead atoms. The summed E-state index contributed by atoms with van der Waals surface area (Å²) >= 11 is 0. The predicted octanol–water partition coefficient (Wildman–Crippen LogP) is 2.02. The first-order chi connectivity index (χ1) is 14.4. The fraction of sp³-hybridized carbons (Fsp3) is 0.409. The molecule has 1 fully saturated rings. The topological polar surface area (TPSA) is 79.0 Å². The maximum Gasteiger partial charge on any atom is 0.243 e. The molecule has 2 aromatic rings. The van der Waals surface area contributed by atoms with Crippen LogP contribution in [0.3, 0.4) is 0 Å². The molecule has 0 saturated carbocycles. The second kappa shape index (κ2) is 10.1. The highest BCUT2D eigenvalue weighted by Gasteiger charge is 2.27. The van der Waals surface area contributed by atoms with Gasteiger partial charge < -0.3 is 10.1 Å². The zero-order chi connectivity index (χ0) is 21.6. The van der Waals surface area contributed by atoms with Crippen molar-refractivity contribution < 1.29 is 17.9 Å². The molecule has 1 amide bonds. The second-order valence-corrected chi connectivity index (χ2v) is 9.37. The van der Waals surface area contributed by atoms with Crippen molar-refractivity contribution in [2.24, 2.45) is 0 Å². The molecule has 0 radical (unpaired) electrons. The first-order valence-corrected chi connectivity index (χ1v) is 11.5. The van der Waals surface area contributed by atoms with Gasteiger partial charge in [-0.15, -0.1) is 0 Å². The number of hydrogen-bond acceptors (Lipinski definition) is 5. The van der Waals surface area contributed by atoms with E-state index < -0.39 is 10.0 Å². The molecule has 1 aliphatic rings. The Bertz CT molecular complexity index is 961. The average Bonchev–Trinajstić information content (AvgIpc) is 2.99. The van der Waals surface area contributed by atoms with Crippen LogP contribution in [0.2, 0.25) is 0 Å². The highest BCUT2D eigenvalue weighted by Crippen LogP contribution is 2.19. The van der Waals surface area contributed by atoms with Gasteiger partial charge >= 0.3 is 0 Å². The zero-order valence-corrected chi connectivity index (χ0v) is 18.3. The largest absolute Gasteiger partial charge is 0.496 e. The summed E-state index contributed by atoms with van der Waals surface area (Å²) in [6, 6.07) is 14.5. The highest BCUT2D eigenvalue weighted by molar-refractivity contribution is 7.89. The van der Waals surface area contributed by atoms with Gasteiger partial charge in [0.05, 0.1) is 18.6 Å². The molecule has 0 aliphatic carbocycles. The lowest BCUT2D eigenvalue weighted by Crippen LogP contribution is -2.39. The third-order valence-electron chi connectivity index (χ3n) is 5.24. The van der Waals surface area contributed by atoms with E-state index in [4.69, 9.17) is 4.74 Å². The van der Waals surface area contributed by atoms with Gasteiger partial charge in [0.25, 0.3) is 0 Å². The van der Waals surface area contributed by atoms with Gasteiger partial charge in [-0.3, -0.25) is 9.69 Å². The van der Waals surface area contributed by atoms with E-state index in [-0.39, 0.29) is 12.5 Å². The number of carbonyl (C=O) groups excluding carboxylic acids is 1. The van der Waals surface area contributed by atoms with Gasteiger partial charge in [-0.25, -0.2) is 8.42 Å². The van der Waals surface area contributed by atoms with Gasteiger partial charge in [-0.2, -0.15) is 4.31 Å². The summed E-state index contributed by atoms with van der Waals surface area (Å²) in [6.07, 6.45) is 0.685. The molecule has 0 unspecified atom stereocenters. The van der Waals surface area contributed by atoms with Gasteiger partial charge in [0, 0.05) is 31.7 Å². The van der Waals surface area contributed by atoms with Crippen LogP contribution in [0.15, 0.2) is 53.4 Å². The summed E-state index contributed by atoms with van der Waals surface area (Å²) in [6.45, 7) is 4.60. The van der Waals surface area contributed by atoms with Gasteiger partial charge in [-0.05, 0) is 38.1 Å². The van der Waals surface area contributed by atoms with Gasteiger partial charge in [0.2, 0.25) is 15.9 Å². The van der Waals surface area contributed by atoms with E-state index in [1.54, 1.807) is 19.2 Å². The van der Waals surface area contributed by atoms with Crippen LogP contribution in [0.4, 0.5) is 0 Å². The minimum Gasteiger partial charge on any atom is -0.496 e. The molecule has 3 rings (SSSR count). The standard InChI is InChI=1S/C22H29N3O4S/c1-18-8-10-20(11-9-18)30(27,28)25-13-5-12-24(14-15-25)17-22(26)23-16-19-6-3-4-7-21(19)29-2/h3-4,6-11H,5,12-17H2,1-2H3,(H,23,26). The van der Waals surface area contributed by atoms with Crippen molar-refractivity contribution in [2.75, 3.05) is 39.8 Å². The summed E-state index contributed by atoms with van der Waals surface area (Å²) in [5.41, 5.74) is 1.94. The number of rotatable bonds is 7. The Morgan fingerprint density at radius 1 is 1.03 bits per heavy atom. The summed E-state index contributed by atoms with van der Waals surface area (Å²) in [5.74, 6) is 0.653. The molecule has 1 N–H and O–H groups in total. The van der Waals surface area contributed by atoms with Crippen molar-refractivity contribution in [1.82, 2.24) is 14.5 Å². The van der Waals surface area contributed by atoms with E-state index in [2.05, 4.69) is 5.32 Å². The molecule has 1 saturated heterocycles. The Kier molecular flexibility index (Phi) is 7.47.